The Labute approximate surface area is 216 Å². The fourth-order valence-electron chi connectivity index (χ4n) is 3.77. The second-order valence-electron chi connectivity index (χ2n) is 8.33. The summed E-state index contributed by atoms with van der Waals surface area (Å²) in [5, 5.41) is 19.7. The highest BCUT2D eigenvalue weighted by atomic mass is 32.1. The molecular weight excluding hydrogens is 552 g/mol. The van der Waals surface area contributed by atoms with Crippen LogP contribution >= 0.6 is 22.7 Å². The van der Waals surface area contributed by atoms with E-state index in [2.05, 4.69) is 37.7 Å². The predicted octanol–water partition coefficient (Wildman–Crippen LogP) is 4.20. The van der Waals surface area contributed by atoms with Crippen molar-refractivity contribution in [1.29, 1.82) is 0 Å². The number of thiophene rings is 1. The average molecular weight is 578 g/mol. The van der Waals surface area contributed by atoms with Gasteiger partial charge in [0.25, 0.3) is 0 Å². The molecule has 0 amide bonds. The zero-order valence-electron chi connectivity index (χ0n) is 19.3. The Bertz CT molecular complexity index is 948. The minimum atomic E-state index is -5.08. The van der Waals surface area contributed by atoms with Crippen molar-refractivity contribution in [3.05, 3.63) is 39.0 Å². The largest absolute Gasteiger partial charge is 0.490 e. The monoisotopic (exact) mass is 577 g/mol. The number of likely N-dealkylation sites (tertiary alicyclic amines) is 1. The summed E-state index contributed by atoms with van der Waals surface area (Å²) in [6.07, 6.45) is -7.02. The first kappa shape index (κ1) is 31.0. The summed E-state index contributed by atoms with van der Waals surface area (Å²) in [5.41, 5.74) is 0.297. The molecule has 1 unspecified atom stereocenters. The number of nitrogens with zero attached hydrogens (tertiary/aromatic N) is 3. The number of aromatic nitrogens is 1. The molecule has 2 N–H and O–H groups in total. The molecule has 37 heavy (non-hydrogen) atoms. The van der Waals surface area contributed by atoms with Gasteiger partial charge < -0.3 is 14.9 Å². The second kappa shape index (κ2) is 13.5. The average Bonchev–Trinajstić information content (AvgIpc) is 3.52. The first-order valence-corrected chi connectivity index (χ1v) is 12.5. The minimum absolute atomic E-state index is 0.297. The van der Waals surface area contributed by atoms with Crippen LogP contribution in [-0.4, -0.2) is 88.7 Å². The molecule has 2 aromatic rings. The highest BCUT2D eigenvalue weighted by Gasteiger charge is 2.41. The van der Waals surface area contributed by atoms with E-state index >= 15 is 0 Å². The molecule has 16 heteroatoms. The summed E-state index contributed by atoms with van der Waals surface area (Å²) in [6.45, 7) is 8.30. The van der Waals surface area contributed by atoms with E-state index in [1.54, 1.807) is 11.3 Å². The van der Waals surface area contributed by atoms with Crippen LogP contribution in [0.3, 0.4) is 0 Å². The number of hydrogen-bond donors (Lipinski definition) is 2. The molecule has 4 rings (SSSR count). The zero-order valence-corrected chi connectivity index (χ0v) is 20.9. The lowest BCUT2D eigenvalue weighted by molar-refractivity contribution is -0.193. The van der Waals surface area contributed by atoms with Gasteiger partial charge in [-0.15, -0.1) is 22.7 Å². The number of thiazole rings is 1. The summed E-state index contributed by atoms with van der Waals surface area (Å²) in [6, 6.07) is 4.39. The van der Waals surface area contributed by atoms with Crippen molar-refractivity contribution in [2.75, 3.05) is 39.4 Å². The van der Waals surface area contributed by atoms with E-state index in [0.717, 1.165) is 45.9 Å². The van der Waals surface area contributed by atoms with Crippen LogP contribution in [0.1, 0.15) is 16.3 Å². The summed E-state index contributed by atoms with van der Waals surface area (Å²) >= 11 is 3.62. The van der Waals surface area contributed by atoms with E-state index in [-0.39, 0.29) is 0 Å². The molecule has 2 fully saturated rings. The van der Waals surface area contributed by atoms with E-state index in [4.69, 9.17) is 24.5 Å². The van der Waals surface area contributed by atoms with Gasteiger partial charge in [-0.05, 0) is 24.4 Å². The molecule has 208 valence electrons. The number of aliphatic carboxylic acids is 2. The Balaban J connectivity index is 0.000000286. The van der Waals surface area contributed by atoms with Crippen molar-refractivity contribution in [1.82, 2.24) is 14.8 Å². The molecule has 2 aromatic heterocycles. The van der Waals surface area contributed by atoms with Gasteiger partial charge in [-0.1, -0.05) is 6.07 Å². The van der Waals surface area contributed by atoms with Crippen molar-refractivity contribution in [3.63, 3.8) is 0 Å². The molecule has 2 aliphatic rings. The second-order valence-corrected chi connectivity index (χ2v) is 10.3. The number of ether oxygens (including phenoxy) is 1. The van der Waals surface area contributed by atoms with Gasteiger partial charge in [0.05, 0.1) is 19.8 Å². The number of hydrogen-bond acceptors (Lipinski definition) is 8. The number of rotatable bonds is 4. The summed E-state index contributed by atoms with van der Waals surface area (Å²) in [5.74, 6) is -5.51. The van der Waals surface area contributed by atoms with Gasteiger partial charge in [-0.2, -0.15) is 26.3 Å². The van der Waals surface area contributed by atoms with E-state index in [1.165, 1.54) is 22.9 Å². The van der Waals surface area contributed by atoms with Crippen LogP contribution in [0.4, 0.5) is 26.3 Å². The van der Waals surface area contributed by atoms with Crippen molar-refractivity contribution in [2.45, 2.75) is 31.9 Å². The highest BCUT2D eigenvalue weighted by molar-refractivity contribution is 7.10. The molecule has 0 bridgehead atoms. The third kappa shape index (κ3) is 10.9. The van der Waals surface area contributed by atoms with Crippen LogP contribution in [0.25, 0.3) is 0 Å². The standard InChI is InChI=1S/C17H23N3OS2.2C2HF3O2/c1-2-15(22-8-1)10-19-5-3-17(12-19)13-20(6-7-21-14-17)11-16-18-4-9-23-16;2*3-2(4,5)1(6)7/h1-2,4,8-9H,3,5-7,10-14H2;2*(H,6,7). The topological polar surface area (TPSA) is 103 Å². The fraction of sp³-hybridized carbons (Fsp3) is 0.571. The Morgan fingerprint density at radius 1 is 0.973 bits per heavy atom. The number of halogens is 6. The van der Waals surface area contributed by atoms with Gasteiger partial charge in [0, 0.05) is 48.0 Å². The third-order valence-electron chi connectivity index (χ3n) is 5.32. The van der Waals surface area contributed by atoms with E-state index < -0.39 is 24.3 Å². The lowest BCUT2D eigenvalue weighted by Gasteiger charge is -2.31. The quantitative estimate of drug-likeness (QED) is 0.522. The fourth-order valence-corrected chi connectivity index (χ4v) is 5.17. The molecule has 2 saturated heterocycles. The van der Waals surface area contributed by atoms with Gasteiger partial charge in [-0.3, -0.25) is 9.80 Å². The Kier molecular flexibility index (Phi) is 11.3. The Hall–Kier alpha value is -2.27. The zero-order chi connectivity index (χ0) is 27.7. The van der Waals surface area contributed by atoms with Gasteiger partial charge in [-0.25, -0.2) is 14.6 Å². The van der Waals surface area contributed by atoms with Crippen LogP contribution in [0, 0.1) is 5.41 Å². The molecule has 4 heterocycles. The van der Waals surface area contributed by atoms with E-state index in [1.807, 2.05) is 17.5 Å². The van der Waals surface area contributed by atoms with Gasteiger partial charge in [0.15, 0.2) is 0 Å². The molecule has 2 aliphatic heterocycles. The van der Waals surface area contributed by atoms with Crippen molar-refractivity contribution in [2.24, 2.45) is 5.41 Å². The maximum absolute atomic E-state index is 10.6. The molecule has 0 aromatic carbocycles. The van der Waals surface area contributed by atoms with Crippen molar-refractivity contribution >= 4 is 34.6 Å². The molecule has 0 aliphatic carbocycles. The maximum atomic E-state index is 10.6. The van der Waals surface area contributed by atoms with E-state index in [9.17, 15) is 26.3 Å². The van der Waals surface area contributed by atoms with Crippen LogP contribution in [0.2, 0.25) is 0 Å². The van der Waals surface area contributed by atoms with Crippen LogP contribution in [0.5, 0.6) is 0 Å². The number of alkyl halides is 6. The Morgan fingerprint density at radius 3 is 2.05 bits per heavy atom. The van der Waals surface area contributed by atoms with Crippen molar-refractivity contribution in [3.8, 4) is 0 Å². The lowest BCUT2D eigenvalue weighted by Crippen LogP contribution is -2.40. The normalized spacial score (nSPS) is 20.9. The number of carbonyl (C=O) groups is 2. The number of carboxylic acid groups (broad SMARTS) is 2. The van der Waals surface area contributed by atoms with Gasteiger partial charge in [0.2, 0.25) is 0 Å². The van der Waals surface area contributed by atoms with Crippen molar-refractivity contribution < 1.29 is 50.9 Å². The van der Waals surface area contributed by atoms with Gasteiger partial charge in [0.1, 0.15) is 5.01 Å². The van der Waals surface area contributed by atoms with Crippen LogP contribution in [-0.2, 0) is 27.4 Å². The molecule has 8 nitrogen and oxygen atoms in total. The van der Waals surface area contributed by atoms with Crippen LogP contribution < -0.4 is 0 Å². The highest BCUT2D eigenvalue weighted by Crippen LogP contribution is 2.35. The maximum Gasteiger partial charge on any atom is 0.490 e. The number of carboxylic acids is 2. The molecule has 0 saturated carbocycles. The first-order valence-electron chi connectivity index (χ1n) is 10.7. The van der Waals surface area contributed by atoms with Crippen LogP contribution in [0.15, 0.2) is 29.1 Å². The summed E-state index contributed by atoms with van der Waals surface area (Å²) in [4.78, 5) is 28.8. The summed E-state index contributed by atoms with van der Waals surface area (Å²) < 4.78 is 69.5. The first-order chi connectivity index (χ1) is 17.2. The minimum Gasteiger partial charge on any atom is -0.475 e. The third-order valence-corrected chi connectivity index (χ3v) is 6.95. The molecular formula is C21H25F6N3O5S2. The summed E-state index contributed by atoms with van der Waals surface area (Å²) in [7, 11) is 0. The molecule has 1 spiro atoms. The SMILES string of the molecule is O=C(O)C(F)(F)F.O=C(O)C(F)(F)F.c1csc(CN2CCC3(COCCN(Cc4nccs4)C3)C2)c1. The predicted molar refractivity (Wildman–Crippen MR) is 122 cm³/mol. The smallest absolute Gasteiger partial charge is 0.475 e. The van der Waals surface area contributed by atoms with Gasteiger partial charge >= 0.3 is 24.3 Å². The molecule has 1 atom stereocenters. The Morgan fingerprint density at radius 2 is 1.57 bits per heavy atom. The molecule has 0 radical (unpaired) electrons. The lowest BCUT2D eigenvalue weighted by atomic mass is 9.87. The van der Waals surface area contributed by atoms with E-state index in [0.29, 0.717) is 5.41 Å².